The van der Waals surface area contributed by atoms with Crippen molar-refractivity contribution in [2.75, 3.05) is 17.3 Å². The van der Waals surface area contributed by atoms with E-state index in [1.165, 1.54) is 0 Å². The van der Waals surface area contributed by atoms with Gasteiger partial charge in [0.2, 0.25) is 0 Å². The molecule has 0 radical (unpaired) electrons. The van der Waals surface area contributed by atoms with Crippen LogP contribution in [0.1, 0.15) is 12.0 Å². The van der Waals surface area contributed by atoms with E-state index in [0.717, 1.165) is 18.2 Å². The van der Waals surface area contributed by atoms with Gasteiger partial charge in [-0.1, -0.05) is 6.07 Å². The molecule has 1 fully saturated rings. The summed E-state index contributed by atoms with van der Waals surface area (Å²) >= 11 is 0. The highest BCUT2D eigenvalue weighted by atomic mass is 32.2. The van der Waals surface area contributed by atoms with Gasteiger partial charge in [0.25, 0.3) is 0 Å². The molecule has 0 aromatic heterocycles. The third-order valence-electron chi connectivity index (χ3n) is 3.15. The van der Waals surface area contributed by atoms with E-state index >= 15 is 0 Å². The fourth-order valence-corrected chi connectivity index (χ4v) is 5.53. The van der Waals surface area contributed by atoms with Gasteiger partial charge in [0.15, 0.2) is 9.84 Å². The maximum absolute atomic E-state index is 12.5. The zero-order valence-electron chi connectivity index (χ0n) is 11.2. The van der Waals surface area contributed by atoms with Crippen LogP contribution in [-0.2, 0) is 26.1 Å². The van der Waals surface area contributed by atoms with Gasteiger partial charge in [-0.15, -0.1) is 0 Å². The Morgan fingerprint density at radius 2 is 1.95 bits per heavy atom. The van der Waals surface area contributed by atoms with Gasteiger partial charge in [0, 0.05) is 0 Å². The topological polar surface area (TPSA) is 77.5 Å². The SMILES string of the molecule is O=S1(=O)CC[C@@H](CS(=O)(=O)Oc2cccc(C(F)(F)F)c2)C1. The first-order valence-electron chi connectivity index (χ1n) is 6.27. The summed E-state index contributed by atoms with van der Waals surface area (Å²) < 4.78 is 88.5. The van der Waals surface area contributed by atoms with Crippen LogP contribution in [0.25, 0.3) is 0 Å². The van der Waals surface area contributed by atoms with Crippen molar-refractivity contribution in [2.45, 2.75) is 12.6 Å². The summed E-state index contributed by atoms with van der Waals surface area (Å²) in [6.07, 6.45) is -4.41. The van der Waals surface area contributed by atoms with E-state index in [2.05, 4.69) is 4.18 Å². The second-order valence-corrected chi connectivity index (χ2v) is 8.95. The van der Waals surface area contributed by atoms with E-state index in [4.69, 9.17) is 0 Å². The quantitative estimate of drug-likeness (QED) is 0.768. The number of alkyl halides is 3. The molecule has 124 valence electrons. The Balaban J connectivity index is 2.09. The molecule has 0 bridgehead atoms. The van der Waals surface area contributed by atoms with Crippen molar-refractivity contribution in [1.29, 1.82) is 0 Å². The molecular weight excluding hydrogens is 345 g/mol. The first-order valence-corrected chi connectivity index (χ1v) is 9.67. The lowest BCUT2D eigenvalue weighted by atomic mass is 10.2. The maximum Gasteiger partial charge on any atom is 0.416 e. The van der Waals surface area contributed by atoms with Gasteiger partial charge < -0.3 is 4.18 Å². The minimum absolute atomic E-state index is 0.0866. The molecule has 0 unspecified atom stereocenters. The minimum atomic E-state index is -4.61. The van der Waals surface area contributed by atoms with Crippen LogP contribution in [0.15, 0.2) is 24.3 Å². The van der Waals surface area contributed by atoms with Gasteiger partial charge in [-0.3, -0.25) is 0 Å². The highest BCUT2D eigenvalue weighted by Crippen LogP contribution is 2.32. The summed E-state index contributed by atoms with van der Waals surface area (Å²) in [5.41, 5.74) is -1.02. The first kappa shape index (κ1) is 17.1. The molecule has 1 atom stereocenters. The molecule has 5 nitrogen and oxygen atoms in total. The molecular formula is C12H13F3O5S2. The van der Waals surface area contributed by atoms with Crippen molar-refractivity contribution in [3.05, 3.63) is 29.8 Å². The zero-order chi connectivity index (χ0) is 16.6. The molecule has 10 heteroatoms. The third-order valence-corrected chi connectivity index (χ3v) is 6.31. The van der Waals surface area contributed by atoms with Gasteiger partial charge in [-0.2, -0.15) is 21.6 Å². The van der Waals surface area contributed by atoms with Crippen molar-refractivity contribution in [1.82, 2.24) is 0 Å². The van der Waals surface area contributed by atoms with Crippen molar-refractivity contribution in [2.24, 2.45) is 5.92 Å². The number of hydrogen-bond acceptors (Lipinski definition) is 5. The molecule has 0 amide bonds. The second-order valence-electron chi connectivity index (χ2n) is 5.10. The molecule has 0 N–H and O–H groups in total. The normalized spacial score (nSPS) is 21.7. The highest BCUT2D eigenvalue weighted by Gasteiger charge is 2.33. The van der Waals surface area contributed by atoms with Gasteiger partial charge in [-0.25, -0.2) is 8.42 Å². The van der Waals surface area contributed by atoms with Crippen molar-refractivity contribution < 1.29 is 34.2 Å². The highest BCUT2D eigenvalue weighted by molar-refractivity contribution is 7.91. The molecule has 1 aromatic carbocycles. The van der Waals surface area contributed by atoms with Crippen molar-refractivity contribution in [3.63, 3.8) is 0 Å². The van der Waals surface area contributed by atoms with E-state index in [0.29, 0.717) is 6.07 Å². The molecule has 1 heterocycles. The van der Waals surface area contributed by atoms with E-state index < -0.39 is 49.1 Å². The summed E-state index contributed by atoms with van der Waals surface area (Å²) in [6.45, 7) is 0. The lowest BCUT2D eigenvalue weighted by Gasteiger charge is -2.12. The molecule has 1 aliphatic heterocycles. The molecule has 0 aliphatic carbocycles. The molecule has 0 saturated carbocycles. The smallest absolute Gasteiger partial charge is 0.382 e. The Morgan fingerprint density at radius 3 is 2.50 bits per heavy atom. The predicted molar refractivity (Wildman–Crippen MR) is 72.6 cm³/mol. The van der Waals surface area contributed by atoms with Crippen LogP contribution in [-0.4, -0.2) is 34.1 Å². The minimum Gasteiger partial charge on any atom is -0.382 e. The van der Waals surface area contributed by atoms with Gasteiger partial charge >= 0.3 is 16.3 Å². The summed E-state index contributed by atoms with van der Waals surface area (Å²) in [5, 5.41) is 0. The number of benzene rings is 1. The van der Waals surface area contributed by atoms with Crippen LogP contribution in [0, 0.1) is 5.92 Å². The molecule has 1 aliphatic rings. The zero-order valence-corrected chi connectivity index (χ0v) is 12.8. The monoisotopic (exact) mass is 358 g/mol. The Morgan fingerprint density at radius 1 is 1.27 bits per heavy atom. The third kappa shape index (κ3) is 4.60. The van der Waals surface area contributed by atoms with E-state index in [-0.39, 0.29) is 17.9 Å². The van der Waals surface area contributed by atoms with Gasteiger partial charge in [0.05, 0.1) is 22.8 Å². The number of rotatable bonds is 4. The van der Waals surface area contributed by atoms with Crippen molar-refractivity contribution in [3.8, 4) is 5.75 Å². The average molecular weight is 358 g/mol. The maximum atomic E-state index is 12.5. The van der Waals surface area contributed by atoms with Gasteiger partial charge in [0.1, 0.15) is 5.75 Å². The van der Waals surface area contributed by atoms with Crippen LogP contribution >= 0.6 is 0 Å². The molecule has 2 rings (SSSR count). The van der Waals surface area contributed by atoms with E-state index in [1.807, 2.05) is 0 Å². The number of hydrogen-bond donors (Lipinski definition) is 0. The average Bonchev–Trinajstić information content (AvgIpc) is 2.66. The number of halogens is 3. The van der Waals surface area contributed by atoms with Crippen LogP contribution < -0.4 is 4.18 Å². The molecule has 1 saturated heterocycles. The van der Waals surface area contributed by atoms with Crippen LogP contribution in [0.5, 0.6) is 5.75 Å². The standard InChI is InChI=1S/C12H13F3O5S2/c13-12(14,15)10-2-1-3-11(6-10)20-22(18,19)8-9-4-5-21(16,17)7-9/h1-3,6,9H,4-5,7-8H2/t9-/m1/s1. The summed E-state index contributed by atoms with van der Waals surface area (Å²) in [4.78, 5) is 0. The lowest BCUT2D eigenvalue weighted by molar-refractivity contribution is -0.137. The van der Waals surface area contributed by atoms with E-state index in [1.54, 1.807) is 0 Å². The molecule has 1 aromatic rings. The van der Waals surface area contributed by atoms with Gasteiger partial charge in [-0.05, 0) is 30.5 Å². The fraction of sp³-hybridized carbons (Fsp3) is 0.500. The predicted octanol–water partition coefficient (Wildman–Crippen LogP) is 1.85. The summed E-state index contributed by atoms with van der Waals surface area (Å²) in [6, 6.07) is 3.51. The Labute approximate surface area is 126 Å². The molecule has 22 heavy (non-hydrogen) atoms. The second kappa shape index (κ2) is 5.73. The van der Waals surface area contributed by atoms with Crippen molar-refractivity contribution >= 4 is 20.0 Å². The Kier molecular flexibility index (Phi) is 4.44. The summed E-state index contributed by atoms with van der Waals surface area (Å²) in [5.74, 6) is -1.92. The molecule has 0 spiro atoms. The summed E-state index contributed by atoms with van der Waals surface area (Å²) in [7, 11) is -7.40. The van der Waals surface area contributed by atoms with Crippen LogP contribution in [0.2, 0.25) is 0 Å². The largest absolute Gasteiger partial charge is 0.416 e. The Bertz CT molecular complexity index is 753. The van der Waals surface area contributed by atoms with Crippen LogP contribution in [0.4, 0.5) is 13.2 Å². The lowest BCUT2D eigenvalue weighted by Crippen LogP contribution is -2.22. The van der Waals surface area contributed by atoms with E-state index in [9.17, 15) is 30.0 Å². The number of sulfone groups is 1. The van der Waals surface area contributed by atoms with Crippen LogP contribution in [0.3, 0.4) is 0 Å². The Hall–Kier alpha value is -1.29. The first-order chi connectivity index (χ1) is 9.97. The fourth-order valence-electron chi connectivity index (χ4n) is 2.20.